The monoisotopic (exact) mass is 841 g/mol. The van der Waals surface area contributed by atoms with Gasteiger partial charge in [-0.25, -0.2) is 18.0 Å². The highest BCUT2D eigenvalue weighted by molar-refractivity contribution is 7.91. The molecule has 17 nitrogen and oxygen atoms in total. The Balaban J connectivity index is 1.27. The zero-order chi connectivity index (χ0) is 42.5. The van der Waals surface area contributed by atoms with E-state index in [1.807, 2.05) is 30.3 Å². The van der Waals surface area contributed by atoms with Gasteiger partial charge in [-0.3, -0.25) is 19.1 Å². The predicted octanol–water partition coefficient (Wildman–Crippen LogP) is 3.18. The van der Waals surface area contributed by atoms with Crippen LogP contribution >= 0.6 is 0 Å². The van der Waals surface area contributed by atoms with Crippen LogP contribution in [0.2, 0.25) is 0 Å². The number of nitrogens with zero attached hydrogens (tertiary/aromatic N) is 2. The third-order valence-corrected chi connectivity index (χ3v) is 14.2. The van der Waals surface area contributed by atoms with E-state index in [2.05, 4.69) is 15.4 Å². The molecule has 322 valence electrons. The average Bonchev–Trinajstić information content (AvgIpc) is 4.08. The molecule has 4 fully saturated rings. The smallest absolute Gasteiger partial charge is 0.409 e. The molecule has 3 aliphatic carbocycles. The SMILES string of the molecule is COC(=O)N1CCCOc2cc3cc(ccc3cc2OC)[C@]2(OC)C[C@@H](C(=O)N[C@]3(C(=O)NS(=O)(=O)C4CC4)C[C@H]3C3CC3)N(C2)C(=O)[C@H](C(C)(C)C)NC(=O)OCC1. The van der Waals surface area contributed by atoms with Crippen LogP contribution < -0.4 is 24.8 Å². The van der Waals surface area contributed by atoms with Crippen molar-refractivity contribution >= 4 is 50.7 Å². The lowest BCUT2D eigenvalue weighted by molar-refractivity contribution is -0.143. The Morgan fingerprint density at radius 3 is 2.32 bits per heavy atom. The number of amides is 5. The molecular weight excluding hydrogens is 787 g/mol. The number of sulfonamides is 1. The van der Waals surface area contributed by atoms with Gasteiger partial charge in [-0.15, -0.1) is 0 Å². The molecule has 5 atom stereocenters. The molecule has 2 heterocycles. The van der Waals surface area contributed by atoms with Crippen LogP contribution in [0.3, 0.4) is 0 Å². The van der Waals surface area contributed by atoms with Crippen molar-refractivity contribution in [1.82, 2.24) is 25.2 Å². The van der Waals surface area contributed by atoms with Crippen LogP contribution in [0.15, 0.2) is 30.3 Å². The largest absolute Gasteiger partial charge is 0.493 e. The summed E-state index contributed by atoms with van der Waals surface area (Å²) in [5, 5.41) is 6.61. The van der Waals surface area contributed by atoms with Gasteiger partial charge in [-0.2, -0.15) is 0 Å². The quantitative estimate of drug-likeness (QED) is 0.351. The van der Waals surface area contributed by atoms with Crippen molar-refractivity contribution in [2.45, 2.75) is 94.2 Å². The zero-order valence-electron chi connectivity index (χ0n) is 34.5. The normalized spacial score (nSPS) is 28.0. The van der Waals surface area contributed by atoms with Crippen molar-refractivity contribution in [3.05, 3.63) is 35.9 Å². The van der Waals surface area contributed by atoms with E-state index in [1.165, 1.54) is 31.1 Å². The van der Waals surface area contributed by atoms with Crippen LogP contribution in [0.25, 0.3) is 10.8 Å². The first-order valence-corrected chi connectivity index (χ1v) is 21.7. The second kappa shape index (κ2) is 16.0. The summed E-state index contributed by atoms with van der Waals surface area (Å²) in [4.78, 5) is 72.3. The third-order valence-electron chi connectivity index (χ3n) is 12.3. The van der Waals surface area contributed by atoms with Gasteiger partial charge in [0.15, 0.2) is 11.5 Å². The van der Waals surface area contributed by atoms with E-state index >= 15 is 0 Å². The zero-order valence-corrected chi connectivity index (χ0v) is 35.3. The Hall–Kier alpha value is -4.84. The van der Waals surface area contributed by atoms with Crippen molar-refractivity contribution in [3.63, 3.8) is 0 Å². The summed E-state index contributed by atoms with van der Waals surface area (Å²) in [6.07, 6.45) is 1.79. The summed E-state index contributed by atoms with van der Waals surface area (Å²) >= 11 is 0. The summed E-state index contributed by atoms with van der Waals surface area (Å²) in [6, 6.07) is 6.92. The van der Waals surface area contributed by atoms with Crippen molar-refractivity contribution in [2.75, 3.05) is 54.2 Å². The van der Waals surface area contributed by atoms with Crippen molar-refractivity contribution in [1.29, 1.82) is 0 Å². The number of fused-ring (bicyclic) bond motifs is 5. The van der Waals surface area contributed by atoms with Crippen molar-refractivity contribution in [2.24, 2.45) is 17.3 Å². The number of cyclic esters (lactones) is 1. The number of ether oxygens (including phenoxy) is 5. The van der Waals surface area contributed by atoms with Crippen LogP contribution in [0.5, 0.6) is 11.5 Å². The maximum absolute atomic E-state index is 14.9. The Labute approximate surface area is 344 Å². The number of carbonyl (C=O) groups excluding carboxylic acids is 5. The first kappa shape index (κ1) is 42.3. The first-order valence-electron chi connectivity index (χ1n) is 20.2. The molecule has 5 bridgehead atoms. The predicted molar refractivity (Wildman–Crippen MR) is 213 cm³/mol. The Morgan fingerprint density at radius 1 is 0.932 bits per heavy atom. The summed E-state index contributed by atoms with van der Waals surface area (Å²) < 4.78 is 56.6. The number of benzene rings is 2. The van der Waals surface area contributed by atoms with Gasteiger partial charge < -0.3 is 44.1 Å². The summed E-state index contributed by atoms with van der Waals surface area (Å²) in [6.45, 7) is 5.43. The van der Waals surface area contributed by atoms with Crippen LogP contribution in [0.4, 0.5) is 9.59 Å². The molecule has 5 amide bonds. The molecule has 18 heteroatoms. The molecular formula is C41H55N5O12S. The maximum Gasteiger partial charge on any atom is 0.409 e. The second-order valence-electron chi connectivity index (χ2n) is 17.5. The molecule has 2 aliphatic heterocycles. The summed E-state index contributed by atoms with van der Waals surface area (Å²) in [7, 11) is 0.390. The minimum Gasteiger partial charge on any atom is -0.493 e. The van der Waals surface area contributed by atoms with E-state index in [4.69, 9.17) is 23.7 Å². The molecule has 59 heavy (non-hydrogen) atoms. The standard InChI is InChI=1S/C41H55N5O12S/c1-39(2,3)33-35(48)46-23-40(56-6,22-30(46)34(47)43-41(21-29(41)24-8-9-24)36(49)44-59(52,53)28-12-13-28)27-11-10-25-19-31(54-4)32(20-26(25)18-27)57-16-7-14-45(38(51)55-5)15-17-58-37(50)42-33/h10-11,18-20,24,28-30,33H,7-9,12-17,21-23H2,1-6H3,(H,42,50)(H,43,47)(H,44,49)/t29-,30-,33+,40-,41+/m0/s1. The highest BCUT2D eigenvalue weighted by atomic mass is 32.2. The van der Waals surface area contributed by atoms with Gasteiger partial charge in [0.2, 0.25) is 21.8 Å². The van der Waals surface area contributed by atoms with Crippen LogP contribution in [-0.4, -0.2) is 125 Å². The van der Waals surface area contributed by atoms with E-state index in [-0.39, 0.29) is 57.5 Å². The number of hydrogen-bond acceptors (Lipinski definition) is 12. The lowest BCUT2D eigenvalue weighted by Crippen LogP contribution is -2.60. The van der Waals surface area contributed by atoms with E-state index in [0.717, 1.165) is 23.6 Å². The lowest BCUT2D eigenvalue weighted by Gasteiger charge is -2.36. The molecule has 0 aromatic heterocycles. The minimum atomic E-state index is -3.91. The fraction of sp³-hybridized carbons (Fsp3) is 0.634. The van der Waals surface area contributed by atoms with Crippen LogP contribution in [0, 0.1) is 17.3 Å². The topological polar surface area (TPSA) is 208 Å². The average molecular weight is 842 g/mol. The van der Waals surface area contributed by atoms with Crippen molar-refractivity contribution < 1.29 is 56.1 Å². The molecule has 2 aromatic carbocycles. The molecule has 0 unspecified atom stereocenters. The number of carbonyl (C=O) groups is 5. The maximum atomic E-state index is 14.9. The minimum absolute atomic E-state index is 0.000160. The lowest BCUT2D eigenvalue weighted by atomic mass is 9.85. The fourth-order valence-electron chi connectivity index (χ4n) is 8.51. The van der Waals surface area contributed by atoms with E-state index in [0.29, 0.717) is 36.3 Å². The molecule has 3 saturated carbocycles. The third kappa shape index (κ3) is 8.60. The molecule has 7 rings (SSSR count). The number of hydrogen-bond donors (Lipinski definition) is 3. The van der Waals surface area contributed by atoms with Crippen molar-refractivity contribution in [3.8, 4) is 11.5 Å². The van der Waals surface area contributed by atoms with Gasteiger partial charge in [0.25, 0.3) is 5.91 Å². The van der Waals surface area contributed by atoms with Gasteiger partial charge in [0.1, 0.15) is 29.8 Å². The highest BCUT2D eigenvalue weighted by Gasteiger charge is 2.67. The second-order valence-corrected chi connectivity index (χ2v) is 19.4. The summed E-state index contributed by atoms with van der Waals surface area (Å²) in [5.74, 6) is -1.14. The van der Waals surface area contributed by atoms with Crippen LogP contribution in [0.1, 0.15) is 71.3 Å². The Morgan fingerprint density at radius 2 is 1.68 bits per heavy atom. The molecule has 0 spiro atoms. The Kier molecular flexibility index (Phi) is 11.4. The van der Waals surface area contributed by atoms with E-state index in [1.54, 1.807) is 20.8 Å². The Bertz CT molecular complexity index is 2120. The van der Waals surface area contributed by atoms with Gasteiger partial charge in [-0.1, -0.05) is 32.9 Å². The molecule has 2 aromatic rings. The van der Waals surface area contributed by atoms with Gasteiger partial charge in [0, 0.05) is 20.1 Å². The van der Waals surface area contributed by atoms with Crippen LogP contribution in [-0.2, 0) is 44.2 Å². The molecule has 1 saturated heterocycles. The fourth-order valence-corrected chi connectivity index (χ4v) is 9.87. The molecule has 3 N–H and O–H groups in total. The van der Waals surface area contributed by atoms with E-state index in [9.17, 15) is 32.4 Å². The molecule has 5 aliphatic rings. The molecule has 0 radical (unpaired) electrons. The highest BCUT2D eigenvalue weighted by Crippen LogP contribution is 2.57. The number of nitrogens with one attached hydrogen (secondary N) is 3. The van der Waals surface area contributed by atoms with Gasteiger partial charge >= 0.3 is 12.2 Å². The van der Waals surface area contributed by atoms with Gasteiger partial charge in [0.05, 0.1) is 39.2 Å². The first-order chi connectivity index (χ1) is 27.9. The number of methoxy groups -OCH3 is 3. The number of rotatable bonds is 8. The number of alkyl carbamates (subject to hydrolysis) is 1. The van der Waals surface area contributed by atoms with E-state index < -0.39 is 73.8 Å². The van der Waals surface area contributed by atoms with Gasteiger partial charge in [-0.05, 0) is 90.3 Å². The summed E-state index contributed by atoms with van der Waals surface area (Å²) in [5.41, 5.74) is -2.93.